The van der Waals surface area contributed by atoms with E-state index in [-0.39, 0.29) is 12.8 Å². The van der Waals surface area contributed by atoms with Gasteiger partial charge in [0, 0.05) is 65.0 Å². The molecule has 0 spiro atoms. The normalized spacial score (nSPS) is 19.5. The minimum absolute atomic E-state index is 0.132. The smallest absolute Gasteiger partial charge is 0.266 e. The van der Waals surface area contributed by atoms with Gasteiger partial charge in [0.15, 0.2) is 4.75 Å². The summed E-state index contributed by atoms with van der Waals surface area (Å²) in [6.07, 6.45) is 8.24. The van der Waals surface area contributed by atoms with E-state index in [1.165, 1.54) is 9.87 Å². The topological polar surface area (TPSA) is 102 Å². The average Bonchev–Trinajstić information content (AvgIpc) is 2.88. The summed E-state index contributed by atoms with van der Waals surface area (Å²) in [7, 11) is -2.35. The molecule has 10 heteroatoms. The SMILES string of the molecule is C#CCCCc1ccc(N2CCN(S(=O)(=O)C3(C(=O)NO)CCN(CCOC)CC3)CC2)cc1. The molecule has 2 saturated heterocycles. The molecule has 0 bridgehead atoms. The molecule has 1 amide bonds. The molecule has 2 fully saturated rings. The summed E-state index contributed by atoms with van der Waals surface area (Å²) in [5.41, 5.74) is 3.91. The van der Waals surface area contributed by atoms with Crippen molar-refractivity contribution in [1.29, 1.82) is 0 Å². The Labute approximate surface area is 203 Å². The summed E-state index contributed by atoms with van der Waals surface area (Å²) < 4.78 is 32.2. The van der Waals surface area contributed by atoms with Gasteiger partial charge in [-0.3, -0.25) is 10.0 Å². The number of hydrogen-bond acceptors (Lipinski definition) is 7. The number of piperidine rings is 1. The quantitative estimate of drug-likeness (QED) is 0.218. The first-order chi connectivity index (χ1) is 16.4. The maximum Gasteiger partial charge on any atom is 0.266 e. The van der Waals surface area contributed by atoms with Gasteiger partial charge < -0.3 is 14.5 Å². The molecule has 0 atom stereocenters. The Morgan fingerprint density at radius 2 is 1.79 bits per heavy atom. The van der Waals surface area contributed by atoms with Gasteiger partial charge >= 0.3 is 0 Å². The van der Waals surface area contributed by atoms with E-state index in [9.17, 15) is 18.4 Å². The number of anilines is 1. The van der Waals surface area contributed by atoms with Gasteiger partial charge in [-0.1, -0.05) is 12.1 Å². The third-order valence-electron chi connectivity index (χ3n) is 6.95. The zero-order valence-corrected chi connectivity index (χ0v) is 20.7. The van der Waals surface area contributed by atoms with E-state index in [1.807, 2.05) is 0 Å². The molecule has 0 radical (unpaired) electrons. The van der Waals surface area contributed by atoms with Crippen LogP contribution in [-0.2, 0) is 26.0 Å². The predicted molar refractivity (Wildman–Crippen MR) is 131 cm³/mol. The molecule has 2 N–H and O–H groups in total. The molecular formula is C24H36N4O5S. The average molecular weight is 493 g/mol. The highest BCUT2D eigenvalue weighted by Gasteiger charge is 2.55. The lowest BCUT2D eigenvalue weighted by atomic mass is 9.95. The summed E-state index contributed by atoms with van der Waals surface area (Å²) in [5.74, 6) is 1.81. The molecule has 0 aromatic heterocycles. The Balaban J connectivity index is 1.64. The molecule has 3 rings (SSSR count). The van der Waals surface area contributed by atoms with E-state index in [4.69, 9.17) is 11.2 Å². The number of nitrogens with one attached hydrogen (secondary N) is 1. The van der Waals surface area contributed by atoms with Crippen LogP contribution in [0, 0.1) is 12.3 Å². The van der Waals surface area contributed by atoms with Crippen LogP contribution in [0.4, 0.5) is 5.69 Å². The number of aryl methyl sites for hydroxylation is 1. The number of likely N-dealkylation sites (tertiary alicyclic amines) is 1. The van der Waals surface area contributed by atoms with Crippen LogP contribution in [0.2, 0.25) is 0 Å². The minimum atomic E-state index is -3.97. The van der Waals surface area contributed by atoms with E-state index >= 15 is 0 Å². The van der Waals surface area contributed by atoms with Gasteiger partial charge in [0.1, 0.15) is 0 Å². The molecule has 2 aliphatic heterocycles. The van der Waals surface area contributed by atoms with Gasteiger partial charge in [-0.15, -0.1) is 12.3 Å². The van der Waals surface area contributed by atoms with Crippen LogP contribution >= 0.6 is 0 Å². The number of rotatable bonds is 10. The molecular weight excluding hydrogens is 456 g/mol. The highest BCUT2D eigenvalue weighted by molar-refractivity contribution is 7.91. The standard InChI is InChI=1S/C24H36N4O5S/c1-3-4-5-6-21-7-9-22(10-8-21)27-15-17-28(18-16-27)34(31,32)24(23(29)25-30)11-13-26(14-12-24)19-20-33-2/h1,7-10,30H,4-6,11-20H2,2H3,(H,25,29). The molecule has 0 unspecified atom stereocenters. The van der Waals surface area contributed by atoms with Crippen LogP contribution < -0.4 is 10.4 Å². The molecule has 1 aromatic carbocycles. The Morgan fingerprint density at radius 1 is 1.15 bits per heavy atom. The number of carbonyl (C=O) groups is 1. The number of unbranched alkanes of at least 4 members (excludes halogenated alkanes) is 1. The van der Waals surface area contributed by atoms with E-state index in [0.717, 1.165) is 24.9 Å². The molecule has 2 heterocycles. The molecule has 9 nitrogen and oxygen atoms in total. The number of piperazine rings is 1. The van der Waals surface area contributed by atoms with Crippen molar-refractivity contribution in [1.82, 2.24) is 14.7 Å². The van der Waals surface area contributed by atoms with Crippen LogP contribution in [0.1, 0.15) is 31.2 Å². The number of benzene rings is 1. The van der Waals surface area contributed by atoms with Crippen molar-refractivity contribution in [2.75, 3.05) is 64.4 Å². The third-order valence-corrected chi connectivity index (χ3v) is 9.58. The largest absolute Gasteiger partial charge is 0.383 e. The van der Waals surface area contributed by atoms with Crippen LogP contribution in [0.3, 0.4) is 0 Å². The second-order valence-electron chi connectivity index (χ2n) is 8.88. The summed E-state index contributed by atoms with van der Waals surface area (Å²) in [5, 5.41) is 9.37. The van der Waals surface area contributed by atoms with Gasteiger partial charge in [-0.2, -0.15) is 4.31 Å². The number of amides is 1. The molecule has 0 saturated carbocycles. The number of ether oxygens (including phenoxy) is 1. The fourth-order valence-corrected chi connectivity index (χ4v) is 6.88. The number of methoxy groups -OCH3 is 1. The predicted octanol–water partition coefficient (Wildman–Crippen LogP) is 1.08. The Morgan fingerprint density at radius 3 is 2.35 bits per heavy atom. The molecule has 1 aromatic rings. The van der Waals surface area contributed by atoms with E-state index in [2.05, 4.69) is 40.0 Å². The van der Waals surface area contributed by atoms with Gasteiger partial charge in [0.2, 0.25) is 10.0 Å². The number of nitrogens with zero attached hydrogens (tertiary/aromatic N) is 3. The zero-order valence-electron chi connectivity index (χ0n) is 19.9. The maximum atomic E-state index is 13.7. The molecule has 0 aliphatic carbocycles. The minimum Gasteiger partial charge on any atom is -0.383 e. The van der Waals surface area contributed by atoms with E-state index < -0.39 is 20.7 Å². The number of sulfonamides is 1. The Bertz CT molecular complexity index is 945. The summed E-state index contributed by atoms with van der Waals surface area (Å²) >= 11 is 0. The number of terminal acetylenes is 1. The first-order valence-electron chi connectivity index (χ1n) is 11.8. The van der Waals surface area contributed by atoms with Crippen molar-refractivity contribution >= 4 is 21.6 Å². The van der Waals surface area contributed by atoms with Crippen molar-refractivity contribution in [3.8, 4) is 12.3 Å². The summed E-state index contributed by atoms with van der Waals surface area (Å²) in [6.45, 7) is 3.76. The highest BCUT2D eigenvalue weighted by Crippen LogP contribution is 2.34. The molecule has 34 heavy (non-hydrogen) atoms. The first-order valence-corrected chi connectivity index (χ1v) is 13.2. The van der Waals surface area contributed by atoms with Crippen molar-refractivity contribution in [2.45, 2.75) is 36.9 Å². The van der Waals surface area contributed by atoms with Crippen LogP contribution in [0.25, 0.3) is 0 Å². The Kier molecular flexibility index (Phi) is 9.33. The number of hydrogen-bond donors (Lipinski definition) is 2. The second-order valence-corrected chi connectivity index (χ2v) is 11.1. The van der Waals surface area contributed by atoms with Crippen LogP contribution in [0.5, 0.6) is 0 Å². The zero-order chi connectivity index (χ0) is 24.6. The summed E-state index contributed by atoms with van der Waals surface area (Å²) in [4.78, 5) is 16.9. The number of hydroxylamine groups is 1. The van der Waals surface area contributed by atoms with Gasteiger partial charge in [0.05, 0.1) is 6.61 Å². The van der Waals surface area contributed by atoms with Gasteiger partial charge in [-0.05, 0) is 43.4 Å². The lowest BCUT2D eigenvalue weighted by molar-refractivity contribution is -0.133. The number of carbonyl (C=O) groups excluding carboxylic acids is 1. The monoisotopic (exact) mass is 492 g/mol. The third kappa shape index (κ3) is 5.73. The summed E-state index contributed by atoms with van der Waals surface area (Å²) in [6, 6.07) is 8.30. The molecule has 188 valence electrons. The van der Waals surface area contributed by atoms with Crippen LogP contribution in [-0.4, -0.2) is 93.0 Å². The second kappa shape index (κ2) is 12.0. The fourth-order valence-electron chi connectivity index (χ4n) is 4.76. The Hall–Kier alpha value is -2.16. The lowest BCUT2D eigenvalue weighted by Crippen LogP contribution is -2.63. The fraction of sp³-hybridized carbons (Fsp3) is 0.625. The molecule has 2 aliphatic rings. The van der Waals surface area contributed by atoms with Crippen molar-refractivity contribution < 1.29 is 23.2 Å². The maximum absolute atomic E-state index is 13.7. The first kappa shape index (κ1) is 26.4. The highest BCUT2D eigenvalue weighted by atomic mass is 32.2. The van der Waals surface area contributed by atoms with Gasteiger partial charge in [0.25, 0.3) is 5.91 Å². The van der Waals surface area contributed by atoms with E-state index in [0.29, 0.717) is 52.4 Å². The van der Waals surface area contributed by atoms with Gasteiger partial charge in [-0.25, -0.2) is 13.9 Å². The van der Waals surface area contributed by atoms with Crippen molar-refractivity contribution in [3.63, 3.8) is 0 Å². The van der Waals surface area contributed by atoms with Crippen LogP contribution in [0.15, 0.2) is 24.3 Å². The van der Waals surface area contributed by atoms with Crippen molar-refractivity contribution in [3.05, 3.63) is 29.8 Å². The lowest BCUT2D eigenvalue weighted by Gasteiger charge is -2.44. The van der Waals surface area contributed by atoms with E-state index in [1.54, 1.807) is 12.6 Å². The van der Waals surface area contributed by atoms with Crippen molar-refractivity contribution in [2.24, 2.45) is 0 Å².